The Bertz CT molecular complexity index is 613. The number of amides is 2. The van der Waals surface area contributed by atoms with Gasteiger partial charge in [0.15, 0.2) is 0 Å². The van der Waals surface area contributed by atoms with Gasteiger partial charge < -0.3 is 10.2 Å². The summed E-state index contributed by atoms with van der Waals surface area (Å²) in [5, 5.41) is 18.8. The number of hydrogen-bond acceptors (Lipinski definition) is 3. The van der Waals surface area contributed by atoms with Crippen LogP contribution in [-0.4, -0.2) is 44.4 Å². The number of aliphatic hydroxyl groups excluding tert-OH is 1. The zero-order valence-corrected chi connectivity index (χ0v) is 11.8. The van der Waals surface area contributed by atoms with Crippen LogP contribution in [0.4, 0.5) is 4.79 Å². The molecule has 7 heteroatoms. The number of carbonyl (C=O) groups is 2. The molecule has 1 heterocycles. The molecule has 2 aromatic rings. The Morgan fingerprint density at radius 1 is 1.14 bits per heavy atom. The molecule has 0 fully saturated rings. The van der Waals surface area contributed by atoms with E-state index in [-0.39, 0.29) is 6.54 Å². The van der Waals surface area contributed by atoms with Gasteiger partial charge in [0.25, 0.3) is 5.91 Å². The van der Waals surface area contributed by atoms with E-state index in [2.05, 4.69) is 5.43 Å². The van der Waals surface area contributed by atoms with Crippen molar-refractivity contribution in [2.45, 2.75) is 12.6 Å². The van der Waals surface area contributed by atoms with Crippen LogP contribution in [-0.2, 0) is 11.3 Å². The van der Waals surface area contributed by atoms with E-state index in [1.165, 1.54) is 4.68 Å². The molecule has 0 bridgehead atoms. The highest BCUT2D eigenvalue weighted by Crippen LogP contribution is 2.09. The first-order valence-corrected chi connectivity index (χ1v) is 6.70. The molecule has 2 amide bonds. The second-order valence-electron chi connectivity index (χ2n) is 4.66. The number of nitrogens with one attached hydrogen (secondary N) is 1. The van der Waals surface area contributed by atoms with E-state index in [4.69, 9.17) is 0 Å². The van der Waals surface area contributed by atoms with Crippen LogP contribution in [0.2, 0.25) is 0 Å². The molecule has 7 nitrogen and oxygen atoms in total. The first-order valence-electron chi connectivity index (χ1n) is 6.70. The van der Waals surface area contributed by atoms with Crippen molar-refractivity contribution in [3.63, 3.8) is 0 Å². The standard InChI is InChI=1S/C15H17N3O4/c19-11-13(14(20)16-17-8-4-5-9-17)18(15(21)22)10-12-6-2-1-3-7-12/h1-9,13,19H,10-11H2,(H,16,20)(H,21,22). The lowest BCUT2D eigenvalue weighted by molar-refractivity contribution is -0.123. The van der Waals surface area contributed by atoms with Crippen molar-refractivity contribution in [2.75, 3.05) is 12.0 Å². The molecule has 22 heavy (non-hydrogen) atoms. The molecular weight excluding hydrogens is 286 g/mol. The van der Waals surface area contributed by atoms with Gasteiger partial charge in [0.2, 0.25) is 0 Å². The minimum Gasteiger partial charge on any atom is -0.465 e. The van der Waals surface area contributed by atoms with E-state index < -0.39 is 24.6 Å². The molecule has 0 aliphatic carbocycles. The Morgan fingerprint density at radius 3 is 2.32 bits per heavy atom. The predicted molar refractivity (Wildman–Crippen MR) is 79.7 cm³/mol. The molecule has 0 aliphatic rings. The van der Waals surface area contributed by atoms with Crippen molar-refractivity contribution in [2.24, 2.45) is 0 Å². The van der Waals surface area contributed by atoms with E-state index in [0.717, 1.165) is 10.5 Å². The highest BCUT2D eigenvalue weighted by atomic mass is 16.4. The van der Waals surface area contributed by atoms with Crippen LogP contribution in [0.3, 0.4) is 0 Å². The molecule has 2 rings (SSSR count). The van der Waals surface area contributed by atoms with E-state index in [9.17, 15) is 19.8 Å². The first kappa shape index (κ1) is 15.6. The largest absolute Gasteiger partial charge is 0.465 e. The average Bonchev–Trinajstić information content (AvgIpc) is 3.00. The smallest absolute Gasteiger partial charge is 0.408 e. The molecule has 0 saturated carbocycles. The molecule has 3 N–H and O–H groups in total. The van der Waals surface area contributed by atoms with Gasteiger partial charge in [0.1, 0.15) is 6.04 Å². The predicted octanol–water partition coefficient (Wildman–Crippen LogP) is 1.10. The number of carbonyl (C=O) groups excluding carboxylic acids is 1. The molecule has 1 unspecified atom stereocenters. The third-order valence-corrected chi connectivity index (χ3v) is 3.14. The van der Waals surface area contributed by atoms with E-state index >= 15 is 0 Å². The summed E-state index contributed by atoms with van der Waals surface area (Å²) >= 11 is 0. The van der Waals surface area contributed by atoms with Crippen molar-refractivity contribution >= 4 is 12.0 Å². The summed E-state index contributed by atoms with van der Waals surface area (Å²) in [6.45, 7) is -0.591. The Morgan fingerprint density at radius 2 is 1.77 bits per heavy atom. The monoisotopic (exact) mass is 303 g/mol. The maximum Gasteiger partial charge on any atom is 0.408 e. The maximum absolute atomic E-state index is 12.2. The number of carboxylic acid groups (broad SMARTS) is 1. The van der Waals surface area contributed by atoms with Crippen LogP contribution < -0.4 is 5.43 Å². The zero-order chi connectivity index (χ0) is 15.9. The Hall–Kier alpha value is -2.80. The van der Waals surface area contributed by atoms with Gasteiger partial charge in [-0.2, -0.15) is 0 Å². The fraction of sp³-hybridized carbons (Fsp3) is 0.200. The Kier molecular flexibility index (Phi) is 5.16. The summed E-state index contributed by atoms with van der Waals surface area (Å²) < 4.78 is 1.40. The van der Waals surface area contributed by atoms with E-state index in [1.54, 1.807) is 48.8 Å². The second-order valence-corrected chi connectivity index (χ2v) is 4.66. The van der Waals surface area contributed by atoms with Crippen LogP contribution in [0, 0.1) is 0 Å². The average molecular weight is 303 g/mol. The van der Waals surface area contributed by atoms with Gasteiger partial charge in [-0.3, -0.25) is 19.8 Å². The summed E-state index contributed by atoms with van der Waals surface area (Å²) in [7, 11) is 0. The number of nitrogens with zero attached hydrogens (tertiary/aromatic N) is 2. The molecule has 1 aromatic heterocycles. The molecule has 116 valence electrons. The summed E-state index contributed by atoms with van der Waals surface area (Å²) in [4.78, 5) is 24.5. The highest BCUT2D eigenvalue weighted by Gasteiger charge is 2.29. The SMILES string of the molecule is O=C(Nn1cccc1)C(CO)N(Cc1ccccc1)C(=O)O. The third-order valence-electron chi connectivity index (χ3n) is 3.14. The number of rotatable bonds is 6. The minimum absolute atomic E-state index is 0.0144. The van der Waals surface area contributed by atoms with E-state index in [1.807, 2.05) is 6.07 Å². The Labute approximate surface area is 127 Å². The number of benzene rings is 1. The molecule has 1 atom stereocenters. The number of aromatic nitrogens is 1. The van der Waals surface area contributed by atoms with Crippen LogP contribution in [0.15, 0.2) is 54.9 Å². The van der Waals surface area contributed by atoms with Crippen molar-refractivity contribution in [3.8, 4) is 0 Å². The lowest BCUT2D eigenvalue weighted by atomic mass is 10.2. The van der Waals surface area contributed by atoms with Gasteiger partial charge in [-0.1, -0.05) is 30.3 Å². The zero-order valence-electron chi connectivity index (χ0n) is 11.8. The summed E-state index contributed by atoms with van der Waals surface area (Å²) in [5.41, 5.74) is 3.24. The highest BCUT2D eigenvalue weighted by molar-refractivity contribution is 5.91. The van der Waals surface area contributed by atoms with E-state index in [0.29, 0.717) is 0 Å². The van der Waals surface area contributed by atoms with Gasteiger partial charge in [-0.15, -0.1) is 0 Å². The first-order chi connectivity index (χ1) is 10.6. The number of aliphatic hydroxyl groups is 1. The summed E-state index contributed by atoms with van der Waals surface area (Å²) in [5.74, 6) is -0.600. The molecule has 1 aromatic carbocycles. The van der Waals surface area contributed by atoms with Crippen LogP contribution >= 0.6 is 0 Å². The van der Waals surface area contributed by atoms with Gasteiger partial charge >= 0.3 is 6.09 Å². The third kappa shape index (κ3) is 3.86. The Balaban J connectivity index is 2.13. The van der Waals surface area contributed by atoms with Crippen molar-refractivity contribution in [3.05, 3.63) is 60.4 Å². The molecule has 0 radical (unpaired) electrons. The fourth-order valence-corrected chi connectivity index (χ4v) is 2.03. The maximum atomic E-state index is 12.2. The fourth-order valence-electron chi connectivity index (χ4n) is 2.03. The normalized spacial score (nSPS) is 11.7. The molecule has 0 aliphatic heterocycles. The molecule has 0 spiro atoms. The van der Waals surface area contributed by atoms with Crippen molar-refractivity contribution in [1.82, 2.24) is 9.58 Å². The minimum atomic E-state index is -1.27. The van der Waals surface area contributed by atoms with Crippen LogP contribution in [0.25, 0.3) is 0 Å². The number of hydrogen-bond donors (Lipinski definition) is 3. The second kappa shape index (κ2) is 7.28. The lowest BCUT2D eigenvalue weighted by Gasteiger charge is -2.27. The van der Waals surface area contributed by atoms with Crippen molar-refractivity contribution in [1.29, 1.82) is 0 Å². The summed E-state index contributed by atoms with van der Waals surface area (Å²) in [6, 6.07) is 11.1. The van der Waals surface area contributed by atoms with Gasteiger partial charge in [0, 0.05) is 18.9 Å². The van der Waals surface area contributed by atoms with Gasteiger partial charge in [-0.25, -0.2) is 4.79 Å². The van der Waals surface area contributed by atoms with Gasteiger partial charge in [0.05, 0.1) is 6.61 Å². The van der Waals surface area contributed by atoms with Gasteiger partial charge in [-0.05, 0) is 17.7 Å². The summed E-state index contributed by atoms with van der Waals surface area (Å²) in [6.07, 6.45) is 1.94. The quantitative estimate of drug-likeness (QED) is 0.744. The molecule has 0 saturated heterocycles. The van der Waals surface area contributed by atoms with Crippen LogP contribution in [0.5, 0.6) is 0 Å². The topological polar surface area (TPSA) is 94.8 Å². The molecular formula is C15H17N3O4. The lowest BCUT2D eigenvalue weighted by Crippen LogP contribution is -2.49. The van der Waals surface area contributed by atoms with Crippen molar-refractivity contribution < 1.29 is 19.8 Å². The van der Waals surface area contributed by atoms with Crippen LogP contribution in [0.1, 0.15) is 5.56 Å².